The van der Waals surface area contributed by atoms with Crippen LogP contribution in [0.1, 0.15) is 70.8 Å². The van der Waals surface area contributed by atoms with E-state index in [-0.39, 0.29) is 28.1 Å². The number of hydrogen-bond donors (Lipinski definition) is 2. The summed E-state index contributed by atoms with van der Waals surface area (Å²) < 4.78 is 34.2. The molecule has 2 saturated heterocycles. The van der Waals surface area contributed by atoms with Gasteiger partial charge in [-0.25, -0.2) is 8.78 Å². The van der Waals surface area contributed by atoms with Gasteiger partial charge in [0.05, 0.1) is 15.4 Å². The van der Waals surface area contributed by atoms with E-state index >= 15 is 0 Å². The van der Waals surface area contributed by atoms with Crippen LogP contribution in [-0.4, -0.2) is 66.5 Å². The Balaban J connectivity index is 0.993. The molecule has 9 nitrogen and oxygen atoms in total. The van der Waals surface area contributed by atoms with E-state index in [9.17, 15) is 23.2 Å². The maximum atomic E-state index is 14.3. The van der Waals surface area contributed by atoms with Crippen LogP contribution in [0.3, 0.4) is 0 Å². The lowest BCUT2D eigenvalue weighted by atomic mass is 9.71. The molecule has 3 amide bonds. The fourth-order valence-electron chi connectivity index (χ4n) is 8.60. The standard InChI is InChI=1S/C44H45F2N5O4S/c1-4-28-10-8-26(2)22-32(39(28)50-24-44(25-50)17-20-55-21-18-44)41(52)48-31-13-11-29(12-14-31)43(54)51-19-16-30-23-36(42(53)49-37-33(45)6-5-7-34(37)46)56-40(30)38-35(51)15-9-27(3)47-38/h5-9,11-15,22-23,28,39H,4,10,16-21,24-25H2,1-3H3,(H,48,52)(H,49,53). The first kappa shape index (κ1) is 37.9. The summed E-state index contributed by atoms with van der Waals surface area (Å²) in [6.07, 6.45) is 8.75. The van der Waals surface area contributed by atoms with Crippen molar-refractivity contribution < 1.29 is 27.9 Å². The predicted octanol–water partition coefficient (Wildman–Crippen LogP) is 8.57. The molecular weight excluding hydrogens is 733 g/mol. The van der Waals surface area contributed by atoms with Gasteiger partial charge in [-0.2, -0.15) is 0 Å². The van der Waals surface area contributed by atoms with Gasteiger partial charge in [-0.05, 0) is 112 Å². The minimum Gasteiger partial charge on any atom is -0.381 e. The van der Waals surface area contributed by atoms with Crippen molar-refractivity contribution in [2.24, 2.45) is 11.3 Å². The largest absolute Gasteiger partial charge is 0.381 e. The lowest BCUT2D eigenvalue weighted by Crippen LogP contribution is -2.63. The Morgan fingerprint density at radius 3 is 2.41 bits per heavy atom. The molecule has 2 N–H and O–H groups in total. The summed E-state index contributed by atoms with van der Waals surface area (Å²) in [6.45, 7) is 10.00. The predicted molar refractivity (Wildman–Crippen MR) is 215 cm³/mol. The monoisotopic (exact) mass is 777 g/mol. The van der Waals surface area contributed by atoms with Crippen LogP contribution in [0.4, 0.5) is 25.8 Å². The molecule has 4 aromatic rings. The van der Waals surface area contributed by atoms with Crippen molar-refractivity contribution in [3.63, 3.8) is 0 Å². The number of benzene rings is 2. The van der Waals surface area contributed by atoms with Gasteiger partial charge in [0, 0.05) is 66.8 Å². The summed E-state index contributed by atoms with van der Waals surface area (Å²) in [6, 6.07) is 15.8. The number of likely N-dealkylation sites (tertiary alicyclic amines) is 1. The lowest BCUT2D eigenvalue weighted by molar-refractivity contribution is -0.118. The second-order valence-corrected chi connectivity index (χ2v) is 16.5. The summed E-state index contributed by atoms with van der Waals surface area (Å²) in [7, 11) is 0. The molecule has 290 valence electrons. The molecule has 2 aromatic heterocycles. The Morgan fingerprint density at radius 1 is 0.964 bits per heavy atom. The van der Waals surface area contributed by atoms with Gasteiger partial charge in [-0.3, -0.25) is 24.3 Å². The second kappa shape index (κ2) is 15.5. The number of carbonyl (C=O) groups excluding carboxylic acids is 3. The van der Waals surface area contributed by atoms with Gasteiger partial charge >= 0.3 is 0 Å². The van der Waals surface area contributed by atoms with Crippen LogP contribution in [0.2, 0.25) is 0 Å². The molecule has 0 radical (unpaired) electrons. The summed E-state index contributed by atoms with van der Waals surface area (Å²) in [4.78, 5) is 51.4. The molecule has 2 atom stereocenters. The van der Waals surface area contributed by atoms with Gasteiger partial charge in [-0.15, -0.1) is 11.3 Å². The third-order valence-corrected chi connectivity index (χ3v) is 12.9. The topological polar surface area (TPSA) is 104 Å². The highest BCUT2D eigenvalue weighted by molar-refractivity contribution is 7.17. The number of para-hydroxylation sites is 1. The van der Waals surface area contributed by atoms with Gasteiger partial charge in [-0.1, -0.05) is 31.1 Å². The second-order valence-electron chi connectivity index (χ2n) is 15.5. The van der Waals surface area contributed by atoms with Crippen molar-refractivity contribution >= 4 is 46.1 Å². The number of thiophene rings is 1. The van der Waals surface area contributed by atoms with Crippen LogP contribution in [0.15, 0.2) is 84.0 Å². The molecule has 0 bridgehead atoms. The zero-order chi connectivity index (χ0) is 39.1. The number of amides is 3. The minimum atomic E-state index is -0.863. The van der Waals surface area contributed by atoms with Crippen molar-refractivity contribution in [2.45, 2.75) is 58.9 Å². The number of carbonyl (C=O) groups is 3. The number of nitrogens with zero attached hydrogens (tertiary/aromatic N) is 3. The Morgan fingerprint density at radius 2 is 1.70 bits per heavy atom. The number of aryl methyl sites for hydroxylation is 1. The first-order chi connectivity index (χ1) is 27.0. The van der Waals surface area contributed by atoms with Crippen molar-refractivity contribution in [1.82, 2.24) is 9.88 Å². The SMILES string of the molecule is CCC1CC=C(C)C=C(C(=O)Nc2ccc(C(=O)N3CCc4cc(C(=O)Nc5c(F)cccc5F)sc4-c4nc(C)ccc43)cc2)C1N1CC2(CCOCC2)C1. The first-order valence-electron chi connectivity index (χ1n) is 19.3. The van der Waals surface area contributed by atoms with E-state index in [1.165, 1.54) is 17.4 Å². The third kappa shape index (κ3) is 7.33. The minimum absolute atomic E-state index is 0.0203. The Bertz CT molecular complexity index is 2230. The molecule has 0 saturated carbocycles. The van der Waals surface area contributed by atoms with E-state index in [1.54, 1.807) is 35.2 Å². The highest BCUT2D eigenvalue weighted by Crippen LogP contribution is 2.45. The number of fused-ring (bicyclic) bond motifs is 3. The maximum Gasteiger partial charge on any atom is 0.265 e. The number of ether oxygens (including phenoxy) is 1. The quantitative estimate of drug-likeness (QED) is 0.195. The molecule has 1 aliphatic carbocycles. The van der Waals surface area contributed by atoms with E-state index in [4.69, 9.17) is 9.72 Å². The molecule has 8 rings (SSSR count). The van der Waals surface area contributed by atoms with Gasteiger partial charge in [0.25, 0.3) is 17.7 Å². The number of halogens is 2. The Hall–Kier alpha value is -5.04. The van der Waals surface area contributed by atoms with Gasteiger partial charge in [0.2, 0.25) is 0 Å². The van der Waals surface area contributed by atoms with Gasteiger partial charge < -0.3 is 20.3 Å². The normalized spacial score (nSPS) is 20.4. The van der Waals surface area contributed by atoms with E-state index in [2.05, 4.69) is 35.5 Å². The smallest absolute Gasteiger partial charge is 0.265 e. The molecule has 12 heteroatoms. The van der Waals surface area contributed by atoms with Crippen molar-refractivity contribution in [3.05, 3.63) is 117 Å². The van der Waals surface area contributed by atoms with E-state index in [1.807, 2.05) is 25.1 Å². The number of nitrogens with one attached hydrogen (secondary N) is 2. The van der Waals surface area contributed by atoms with Crippen LogP contribution >= 0.6 is 11.3 Å². The average Bonchev–Trinajstić information content (AvgIpc) is 3.46. The fourth-order valence-corrected chi connectivity index (χ4v) is 9.70. The molecule has 1 spiro atoms. The maximum absolute atomic E-state index is 14.3. The average molecular weight is 778 g/mol. The van der Waals surface area contributed by atoms with Gasteiger partial charge in [0.1, 0.15) is 23.0 Å². The lowest BCUT2D eigenvalue weighted by Gasteiger charge is -2.56. The molecule has 3 aliphatic heterocycles. The summed E-state index contributed by atoms with van der Waals surface area (Å²) in [5.74, 6) is -2.39. The van der Waals surface area contributed by atoms with Crippen molar-refractivity contribution in [2.75, 3.05) is 48.4 Å². The zero-order valence-corrected chi connectivity index (χ0v) is 32.6. The van der Waals surface area contributed by atoms with Crippen molar-refractivity contribution in [1.29, 1.82) is 0 Å². The third-order valence-electron chi connectivity index (χ3n) is 11.7. The van der Waals surface area contributed by atoms with Crippen LogP contribution < -0.4 is 15.5 Å². The molecule has 5 heterocycles. The number of anilines is 3. The Kier molecular flexibility index (Phi) is 10.5. The number of hydrogen-bond acceptors (Lipinski definition) is 7. The van der Waals surface area contributed by atoms with E-state index in [0.717, 1.165) is 91.4 Å². The molecular formula is C44H45F2N5O4S. The molecule has 56 heavy (non-hydrogen) atoms. The molecule has 2 fully saturated rings. The van der Waals surface area contributed by atoms with Crippen LogP contribution in [0.25, 0.3) is 10.6 Å². The van der Waals surface area contributed by atoms with Crippen molar-refractivity contribution in [3.8, 4) is 10.6 Å². The number of pyridine rings is 1. The first-order valence-corrected chi connectivity index (χ1v) is 20.1. The zero-order valence-electron chi connectivity index (χ0n) is 31.8. The van der Waals surface area contributed by atoms with E-state index < -0.39 is 23.2 Å². The molecule has 2 unspecified atom stereocenters. The van der Waals surface area contributed by atoms with Gasteiger partial charge in [0.15, 0.2) is 0 Å². The van der Waals surface area contributed by atoms with Crippen LogP contribution in [-0.2, 0) is 16.0 Å². The Labute approximate surface area is 329 Å². The number of rotatable bonds is 7. The summed E-state index contributed by atoms with van der Waals surface area (Å²) in [5, 5.41) is 5.51. The summed E-state index contributed by atoms with van der Waals surface area (Å²) >= 11 is 1.17. The van der Waals surface area contributed by atoms with E-state index in [0.29, 0.717) is 41.5 Å². The number of aromatic nitrogens is 1. The van der Waals surface area contributed by atoms with Crippen LogP contribution in [0, 0.1) is 29.9 Å². The summed E-state index contributed by atoms with van der Waals surface area (Å²) in [5.41, 5.74) is 5.40. The highest BCUT2D eigenvalue weighted by Gasteiger charge is 2.49. The van der Waals surface area contributed by atoms with Crippen LogP contribution in [0.5, 0.6) is 0 Å². The fraction of sp³-hybridized carbons (Fsp3) is 0.364. The highest BCUT2D eigenvalue weighted by atomic mass is 32.1. The molecule has 2 aromatic carbocycles. The number of allylic oxidation sites excluding steroid dienone is 3. The molecule has 4 aliphatic rings.